The lowest BCUT2D eigenvalue weighted by Crippen LogP contribution is -2.18. The number of carbonyl (C=O) groups excluding carboxylic acids is 3. The molecule has 0 atom stereocenters. The standard InChI is InChI=1S/C24H25FN4O4S/c1-4-33-24(32)18-13(2)20(22(31)26-3)34-23(18)27-21(30)19-16-7-5-6-8-17(16)29(28-19)15-11-9-14(25)10-12-15/h9-12H,4-8H2,1-3H3,(H,26,31)(H,27,30). The maximum atomic E-state index is 13.4. The van der Waals surface area contributed by atoms with Crippen molar-refractivity contribution in [3.05, 3.63) is 63.0 Å². The predicted octanol–water partition coefficient (Wildman–Crippen LogP) is 4.05. The maximum absolute atomic E-state index is 13.4. The molecule has 0 fully saturated rings. The van der Waals surface area contributed by atoms with Gasteiger partial charge in [0.05, 0.1) is 22.7 Å². The summed E-state index contributed by atoms with van der Waals surface area (Å²) in [4.78, 5) is 38.6. The van der Waals surface area contributed by atoms with E-state index < -0.39 is 11.9 Å². The second kappa shape index (κ2) is 9.76. The number of carbonyl (C=O) groups is 3. The minimum absolute atomic E-state index is 0.158. The summed E-state index contributed by atoms with van der Waals surface area (Å²) in [5.74, 6) is -1.80. The van der Waals surface area contributed by atoms with E-state index in [-0.39, 0.29) is 34.6 Å². The van der Waals surface area contributed by atoms with Crippen LogP contribution in [-0.4, -0.2) is 41.2 Å². The fraction of sp³-hybridized carbons (Fsp3) is 0.333. The average Bonchev–Trinajstić information content (AvgIpc) is 3.37. The minimum atomic E-state index is -0.611. The molecule has 0 unspecified atom stereocenters. The number of benzene rings is 1. The highest BCUT2D eigenvalue weighted by Gasteiger charge is 2.30. The van der Waals surface area contributed by atoms with Crippen molar-refractivity contribution in [2.45, 2.75) is 39.5 Å². The van der Waals surface area contributed by atoms with Gasteiger partial charge in [-0.15, -0.1) is 11.3 Å². The van der Waals surface area contributed by atoms with Gasteiger partial charge in [-0.3, -0.25) is 9.59 Å². The summed E-state index contributed by atoms with van der Waals surface area (Å²) >= 11 is 1.02. The predicted molar refractivity (Wildman–Crippen MR) is 127 cm³/mol. The van der Waals surface area contributed by atoms with Crippen molar-refractivity contribution in [3.8, 4) is 5.69 Å². The summed E-state index contributed by atoms with van der Waals surface area (Å²) in [6.07, 6.45) is 3.33. The van der Waals surface area contributed by atoms with Crippen LogP contribution in [0, 0.1) is 12.7 Å². The van der Waals surface area contributed by atoms with Crippen molar-refractivity contribution in [1.29, 1.82) is 0 Å². The summed E-state index contributed by atoms with van der Waals surface area (Å²) < 4.78 is 20.3. The smallest absolute Gasteiger partial charge is 0.341 e. The summed E-state index contributed by atoms with van der Waals surface area (Å²) in [5, 5.41) is 10.1. The molecular formula is C24H25FN4O4S. The number of nitrogens with one attached hydrogen (secondary N) is 2. The molecule has 0 spiro atoms. The van der Waals surface area contributed by atoms with Gasteiger partial charge in [-0.1, -0.05) is 0 Å². The number of nitrogens with zero attached hydrogens (tertiary/aromatic N) is 2. The molecule has 178 valence electrons. The third-order valence-corrected chi connectivity index (χ3v) is 6.96. The molecule has 0 aliphatic heterocycles. The molecule has 2 N–H and O–H groups in total. The van der Waals surface area contributed by atoms with E-state index in [1.165, 1.54) is 19.2 Å². The van der Waals surface area contributed by atoms with Gasteiger partial charge in [0.15, 0.2) is 5.69 Å². The van der Waals surface area contributed by atoms with Crippen molar-refractivity contribution >= 4 is 34.1 Å². The normalized spacial score (nSPS) is 12.7. The molecule has 1 aliphatic carbocycles. The molecule has 34 heavy (non-hydrogen) atoms. The number of thiophene rings is 1. The molecule has 2 heterocycles. The lowest BCUT2D eigenvalue weighted by atomic mass is 9.95. The van der Waals surface area contributed by atoms with Gasteiger partial charge in [0, 0.05) is 18.3 Å². The van der Waals surface area contributed by atoms with E-state index in [0.29, 0.717) is 22.5 Å². The molecule has 1 aromatic carbocycles. The van der Waals surface area contributed by atoms with E-state index in [1.807, 2.05) is 0 Å². The molecule has 0 saturated carbocycles. The quantitative estimate of drug-likeness (QED) is 0.514. The van der Waals surface area contributed by atoms with Gasteiger partial charge in [0.1, 0.15) is 10.8 Å². The summed E-state index contributed by atoms with van der Waals surface area (Å²) in [6.45, 7) is 3.49. The molecular weight excluding hydrogens is 459 g/mol. The van der Waals surface area contributed by atoms with Gasteiger partial charge in [-0.05, 0) is 69.4 Å². The van der Waals surface area contributed by atoms with Gasteiger partial charge in [-0.25, -0.2) is 13.9 Å². The number of hydrogen-bond acceptors (Lipinski definition) is 6. The molecule has 0 bridgehead atoms. The van der Waals surface area contributed by atoms with Crippen LogP contribution in [0.1, 0.15) is 67.1 Å². The van der Waals surface area contributed by atoms with Crippen LogP contribution in [0.4, 0.5) is 9.39 Å². The van der Waals surface area contributed by atoms with E-state index in [9.17, 15) is 18.8 Å². The Bertz CT molecular complexity index is 1260. The van der Waals surface area contributed by atoms with Crippen LogP contribution in [0.3, 0.4) is 0 Å². The Morgan fingerprint density at radius 2 is 1.85 bits per heavy atom. The van der Waals surface area contributed by atoms with Crippen LogP contribution >= 0.6 is 11.3 Å². The van der Waals surface area contributed by atoms with Crippen LogP contribution in [0.25, 0.3) is 5.69 Å². The van der Waals surface area contributed by atoms with Crippen molar-refractivity contribution in [1.82, 2.24) is 15.1 Å². The van der Waals surface area contributed by atoms with Crippen LogP contribution < -0.4 is 10.6 Å². The molecule has 8 nitrogen and oxygen atoms in total. The summed E-state index contributed by atoms with van der Waals surface area (Å²) in [7, 11) is 1.50. The molecule has 0 radical (unpaired) electrons. The SMILES string of the molecule is CCOC(=O)c1c(NC(=O)c2nn(-c3ccc(F)cc3)c3c2CCCC3)sc(C(=O)NC)c1C. The van der Waals surface area contributed by atoms with E-state index in [0.717, 1.165) is 41.9 Å². The first-order valence-corrected chi connectivity index (χ1v) is 11.9. The molecule has 10 heteroatoms. The van der Waals surface area contributed by atoms with E-state index in [1.54, 1.807) is 30.7 Å². The van der Waals surface area contributed by atoms with Crippen LogP contribution in [0.5, 0.6) is 0 Å². The molecule has 4 rings (SSSR count). The van der Waals surface area contributed by atoms with Gasteiger partial charge < -0.3 is 15.4 Å². The average molecular weight is 485 g/mol. The van der Waals surface area contributed by atoms with Crippen LogP contribution in [0.15, 0.2) is 24.3 Å². The van der Waals surface area contributed by atoms with Gasteiger partial charge in [0.25, 0.3) is 11.8 Å². The lowest BCUT2D eigenvalue weighted by Gasteiger charge is -2.14. The second-order valence-electron chi connectivity index (χ2n) is 7.88. The number of aromatic nitrogens is 2. The highest BCUT2D eigenvalue weighted by molar-refractivity contribution is 7.18. The minimum Gasteiger partial charge on any atom is -0.462 e. The number of anilines is 1. The number of halogens is 1. The number of amides is 2. The zero-order valence-electron chi connectivity index (χ0n) is 19.2. The molecule has 0 saturated heterocycles. The zero-order chi connectivity index (χ0) is 24.4. The van der Waals surface area contributed by atoms with Crippen molar-refractivity contribution in [2.75, 3.05) is 19.0 Å². The molecule has 3 aromatic rings. The number of fused-ring (bicyclic) bond motifs is 1. The maximum Gasteiger partial charge on any atom is 0.341 e. The summed E-state index contributed by atoms with van der Waals surface area (Å²) in [6, 6.07) is 5.95. The van der Waals surface area contributed by atoms with Crippen LogP contribution in [-0.2, 0) is 17.6 Å². The monoisotopic (exact) mass is 484 g/mol. The Hall–Kier alpha value is -3.53. The largest absolute Gasteiger partial charge is 0.462 e. The van der Waals surface area contributed by atoms with E-state index in [4.69, 9.17) is 4.74 Å². The van der Waals surface area contributed by atoms with E-state index >= 15 is 0 Å². The van der Waals surface area contributed by atoms with Gasteiger partial charge in [0.2, 0.25) is 0 Å². The summed E-state index contributed by atoms with van der Waals surface area (Å²) in [5.41, 5.74) is 3.27. The topological polar surface area (TPSA) is 102 Å². The Balaban J connectivity index is 1.74. The van der Waals surface area contributed by atoms with Gasteiger partial charge >= 0.3 is 5.97 Å². The first kappa shape index (κ1) is 23.6. The Labute approximate surface area is 200 Å². The van der Waals surface area contributed by atoms with E-state index in [2.05, 4.69) is 15.7 Å². The van der Waals surface area contributed by atoms with Crippen LogP contribution in [0.2, 0.25) is 0 Å². The number of rotatable bonds is 6. The molecule has 2 amide bonds. The van der Waals surface area contributed by atoms with Crippen molar-refractivity contribution < 1.29 is 23.5 Å². The second-order valence-corrected chi connectivity index (χ2v) is 8.90. The Kier molecular flexibility index (Phi) is 6.78. The fourth-order valence-electron chi connectivity index (χ4n) is 4.12. The number of hydrogen-bond donors (Lipinski definition) is 2. The first-order valence-electron chi connectivity index (χ1n) is 11.1. The Morgan fingerprint density at radius 1 is 1.15 bits per heavy atom. The zero-order valence-corrected chi connectivity index (χ0v) is 20.0. The van der Waals surface area contributed by atoms with Gasteiger partial charge in [-0.2, -0.15) is 5.10 Å². The molecule has 2 aromatic heterocycles. The first-order chi connectivity index (χ1) is 16.3. The highest BCUT2D eigenvalue weighted by Crippen LogP contribution is 2.35. The Morgan fingerprint density at radius 3 is 2.53 bits per heavy atom. The molecule has 1 aliphatic rings. The lowest BCUT2D eigenvalue weighted by molar-refractivity contribution is 0.0527. The fourth-order valence-corrected chi connectivity index (χ4v) is 5.26. The number of ether oxygens (including phenoxy) is 1. The third kappa shape index (κ3) is 4.33. The van der Waals surface area contributed by atoms with Crippen molar-refractivity contribution in [2.24, 2.45) is 0 Å². The number of esters is 1. The third-order valence-electron chi connectivity index (χ3n) is 5.75. The highest BCUT2D eigenvalue weighted by atomic mass is 32.1. The van der Waals surface area contributed by atoms with Crippen molar-refractivity contribution in [3.63, 3.8) is 0 Å².